The van der Waals surface area contributed by atoms with Gasteiger partial charge in [0.15, 0.2) is 0 Å². The first-order chi connectivity index (χ1) is 11.2. The minimum atomic E-state index is -0.739. The first kappa shape index (κ1) is 15.6. The van der Waals surface area contributed by atoms with Crippen LogP contribution in [0.2, 0.25) is 0 Å². The molecule has 1 aliphatic rings. The number of carboxylic acids is 1. The van der Waals surface area contributed by atoms with Crippen LogP contribution < -0.4 is 4.74 Å². The van der Waals surface area contributed by atoms with E-state index in [-0.39, 0.29) is 5.92 Å². The Balaban J connectivity index is 1.83. The molecule has 23 heavy (non-hydrogen) atoms. The molecule has 2 aromatic carbocycles. The second-order valence-corrected chi connectivity index (χ2v) is 5.97. The zero-order valence-corrected chi connectivity index (χ0v) is 13.2. The van der Waals surface area contributed by atoms with Crippen molar-refractivity contribution >= 4 is 5.97 Å². The third-order valence-corrected chi connectivity index (χ3v) is 4.50. The van der Waals surface area contributed by atoms with Gasteiger partial charge in [0.25, 0.3) is 0 Å². The lowest BCUT2D eigenvalue weighted by Gasteiger charge is -2.18. The van der Waals surface area contributed by atoms with Gasteiger partial charge < -0.3 is 9.84 Å². The average Bonchev–Trinajstić information content (AvgIpc) is 2.99. The fraction of sp³-hybridized carbons (Fsp3) is 0.316. The van der Waals surface area contributed by atoms with Gasteiger partial charge in [0, 0.05) is 25.6 Å². The Morgan fingerprint density at radius 3 is 2.52 bits per heavy atom. The SMILES string of the molecule is COc1ccccc1[C@H]1CN(Cc2ccccc2)C[C@@H]1C(=O)O. The first-order valence-corrected chi connectivity index (χ1v) is 7.81. The third-order valence-electron chi connectivity index (χ3n) is 4.50. The van der Waals surface area contributed by atoms with E-state index < -0.39 is 11.9 Å². The molecule has 0 spiro atoms. The Kier molecular flexibility index (Phi) is 4.63. The first-order valence-electron chi connectivity index (χ1n) is 7.81. The van der Waals surface area contributed by atoms with Crippen LogP contribution in [0.25, 0.3) is 0 Å². The summed E-state index contributed by atoms with van der Waals surface area (Å²) in [6.07, 6.45) is 0. The van der Waals surface area contributed by atoms with Crippen molar-refractivity contribution in [1.29, 1.82) is 0 Å². The van der Waals surface area contributed by atoms with Gasteiger partial charge in [0.05, 0.1) is 13.0 Å². The van der Waals surface area contributed by atoms with Crippen molar-refractivity contribution in [2.45, 2.75) is 12.5 Å². The quantitative estimate of drug-likeness (QED) is 0.922. The maximum Gasteiger partial charge on any atom is 0.308 e. The van der Waals surface area contributed by atoms with Crippen molar-refractivity contribution < 1.29 is 14.6 Å². The molecule has 2 aromatic rings. The topological polar surface area (TPSA) is 49.8 Å². The number of likely N-dealkylation sites (tertiary alicyclic amines) is 1. The normalized spacial score (nSPS) is 21.3. The summed E-state index contributed by atoms with van der Waals surface area (Å²) in [5.74, 6) is -0.427. The monoisotopic (exact) mass is 311 g/mol. The zero-order valence-electron chi connectivity index (χ0n) is 13.2. The summed E-state index contributed by atoms with van der Waals surface area (Å²) < 4.78 is 5.43. The highest BCUT2D eigenvalue weighted by molar-refractivity contribution is 5.72. The van der Waals surface area contributed by atoms with Crippen LogP contribution in [-0.2, 0) is 11.3 Å². The number of hydrogen-bond acceptors (Lipinski definition) is 3. The summed E-state index contributed by atoms with van der Waals surface area (Å²) in [5, 5.41) is 9.62. The number of ether oxygens (including phenoxy) is 1. The number of carbonyl (C=O) groups is 1. The largest absolute Gasteiger partial charge is 0.496 e. The molecule has 120 valence electrons. The van der Waals surface area contributed by atoms with E-state index in [9.17, 15) is 9.90 Å². The maximum atomic E-state index is 11.7. The van der Waals surface area contributed by atoms with Gasteiger partial charge >= 0.3 is 5.97 Å². The lowest BCUT2D eigenvalue weighted by Crippen LogP contribution is -2.23. The average molecular weight is 311 g/mol. The van der Waals surface area contributed by atoms with E-state index in [0.29, 0.717) is 6.54 Å². The minimum absolute atomic E-state index is 0.0487. The van der Waals surface area contributed by atoms with Gasteiger partial charge in [-0.15, -0.1) is 0 Å². The van der Waals surface area contributed by atoms with Crippen LogP contribution in [0.4, 0.5) is 0 Å². The number of nitrogens with zero attached hydrogens (tertiary/aromatic N) is 1. The molecule has 0 radical (unpaired) electrons. The molecule has 1 fully saturated rings. The standard InChI is InChI=1S/C19H21NO3/c1-23-18-10-6-5-9-15(18)16-12-20(13-17(16)19(21)22)11-14-7-3-2-4-8-14/h2-10,16-17H,11-13H2,1H3,(H,21,22)/t16-,17+/m1/s1. The fourth-order valence-corrected chi connectivity index (χ4v) is 3.39. The van der Waals surface area contributed by atoms with E-state index in [1.807, 2.05) is 42.5 Å². The molecular formula is C19H21NO3. The van der Waals surface area contributed by atoms with Crippen LogP contribution in [-0.4, -0.2) is 36.2 Å². The maximum absolute atomic E-state index is 11.7. The van der Waals surface area contributed by atoms with Gasteiger partial charge in [-0.05, 0) is 17.2 Å². The highest BCUT2D eigenvalue weighted by Crippen LogP contribution is 2.38. The van der Waals surface area contributed by atoms with E-state index in [1.54, 1.807) is 7.11 Å². The summed E-state index contributed by atoms with van der Waals surface area (Å²) in [6, 6.07) is 17.9. The third kappa shape index (κ3) is 3.37. The lowest BCUT2D eigenvalue weighted by atomic mass is 9.88. The van der Waals surface area contributed by atoms with Gasteiger partial charge in [0.1, 0.15) is 5.75 Å². The van der Waals surface area contributed by atoms with Crippen molar-refractivity contribution in [3.8, 4) is 5.75 Å². The minimum Gasteiger partial charge on any atom is -0.496 e. The fourth-order valence-electron chi connectivity index (χ4n) is 3.39. The molecule has 0 aliphatic carbocycles. The predicted octanol–water partition coefficient (Wildman–Crippen LogP) is 3.00. The number of rotatable bonds is 5. The molecule has 0 aromatic heterocycles. The molecule has 0 bridgehead atoms. The van der Waals surface area contributed by atoms with Crippen LogP contribution in [0.5, 0.6) is 5.75 Å². The van der Waals surface area contributed by atoms with Gasteiger partial charge in [0.2, 0.25) is 0 Å². The van der Waals surface area contributed by atoms with Crippen LogP contribution >= 0.6 is 0 Å². The number of para-hydroxylation sites is 1. The van der Waals surface area contributed by atoms with Gasteiger partial charge in [-0.25, -0.2) is 0 Å². The second-order valence-electron chi connectivity index (χ2n) is 5.97. The van der Waals surface area contributed by atoms with E-state index in [4.69, 9.17) is 4.74 Å². The molecule has 2 atom stereocenters. The highest BCUT2D eigenvalue weighted by atomic mass is 16.5. The van der Waals surface area contributed by atoms with E-state index >= 15 is 0 Å². The Morgan fingerprint density at radius 1 is 1.13 bits per heavy atom. The summed E-state index contributed by atoms with van der Waals surface area (Å²) in [7, 11) is 1.63. The molecule has 3 rings (SSSR count). The number of hydrogen-bond donors (Lipinski definition) is 1. The molecule has 0 amide bonds. The van der Waals surface area contributed by atoms with Gasteiger partial charge in [-0.2, -0.15) is 0 Å². The zero-order chi connectivity index (χ0) is 16.2. The Labute approximate surface area is 136 Å². The Morgan fingerprint density at radius 2 is 1.83 bits per heavy atom. The lowest BCUT2D eigenvalue weighted by molar-refractivity contribution is -0.141. The highest BCUT2D eigenvalue weighted by Gasteiger charge is 2.39. The van der Waals surface area contributed by atoms with Crippen molar-refractivity contribution in [2.75, 3.05) is 20.2 Å². The molecule has 1 saturated heterocycles. The molecule has 4 heteroatoms. The molecule has 4 nitrogen and oxygen atoms in total. The van der Waals surface area contributed by atoms with Gasteiger partial charge in [-0.1, -0.05) is 48.5 Å². The van der Waals surface area contributed by atoms with Crippen molar-refractivity contribution in [3.63, 3.8) is 0 Å². The molecule has 1 N–H and O–H groups in total. The van der Waals surface area contributed by atoms with Crippen LogP contribution in [0.3, 0.4) is 0 Å². The van der Waals surface area contributed by atoms with E-state index in [2.05, 4.69) is 17.0 Å². The molecule has 0 unspecified atom stereocenters. The predicted molar refractivity (Wildman–Crippen MR) is 88.6 cm³/mol. The summed E-state index contributed by atoms with van der Waals surface area (Å²) in [6.45, 7) is 2.06. The van der Waals surface area contributed by atoms with Crippen molar-refractivity contribution in [3.05, 3.63) is 65.7 Å². The van der Waals surface area contributed by atoms with Crippen LogP contribution in [0, 0.1) is 5.92 Å². The summed E-state index contributed by atoms with van der Waals surface area (Å²) >= 11 is 0. The van der Waals surface area contributed by atoms with Crippen molar-refractivity contribution in [1.82, 2.24) is 4.90 Å². The molecule has 1 heterocycles. The second kappa shape index (κ2) is 6.84. The molecule has 0 saturated carbocycles. The van der Waals surface area contributed by atoms with E-state index in [0.717, 1.165) is 24.4 Å². The summed E-state index contributed by atoms with van der Waals surface area (Å²) in [4.78, 5) is 13.9. The van der Waals surface area contributed by atoms with Crippen LogP contribution in [0.15, 0.2) is 54.6 Å². The Hall–Kier alpha value is -2.33. The number of methoxy groups -OCH3 is 1. The van der Waals surface area contributed by atoms with E-state index in [1.165, 1.54) is 5.56 Å². The number of carboxylic acid groups (broad SMARTS) is 1. The Bertz CT molecular complexity index is 671. The number of aliphatic carboxylic acids is 1. The molecule has 1 aliphatic heterocycles. The number of benzene rings is 2. The van der Waals surface area contributed by atoms with Crippen LogP contribution in [0.1, 0.15) is 17.0 Å². The molecular weight excluding hydrogens is 290 g/mol. The van der Waals surface area contributed by atoms with Crippen molar-refractivity contribution in [2.24, 2.45) is 5.92 Å². The smallest absolute Gasteiger partial charge is 0.308 e. The van der Waals surface area contributed by atoms with Gasteiger partial charge in [-0.3, -0.25) is 9.69 Å². The summed E-state index contributed by atoms with van der Waals surface area (Å²) in [5.41, 5.74) is 2.19.